The van der Waals surface area contributed by atoms with E-state index in [2.05, 4.69) is 10.3 Å². The van der Waals surface area contributed by atoms with Crippen molar-refractivity contribution in [3.63, 3.8) is 0 Å². The number of benzene rings is 3. The van der Waals surface area contributed by atoms with Crippen LogP contribution in [0.15, 0.2) is 89.1 Å². The molecule has 0 fully saturated rings. The number of ether oxygens (including phenoxy) is 2. The molecule has 1 heterocycles. The number of hydrogen-bond acceptors (Lipinski definition) is 7. The van der Waals surface area contributed by atoms with Crippen LogP contribution in [0.1, 0.15) is 11.1 Å². The first-order chi connectivity index (χ1) is 17.4. The van der Waals surface area contributed by atoms with Gasteiger partial charge in [0.2, 0.25) is 5.91 Å². The van der Waals surface area contributed by atoms with Crippen molar-refractivity contribution in [2.45, 2.75) is 10.6 Å². The summed E-state index contributed by atoms with van der Waals surface area (Å²) in [5, 5.41) is 5.10. The lowest BCUT2D eigenvalue weighted by Crippen LogP contribution is -2.07. The molecule has 0 bridgehead atoms. The van der Waals surface area contributed by atoms with Crippen molar-refractivity contribution in [2.75, 3.05) is 19.5 Å². The average molecular weight is 521 g/mol. The Bertz CT molecular complexity index is 1460. The molecule has 36 heavy (non-hydrogen) atoms. The largest absolute Gasteiger partial charge is 0.497 e. The van der Waals surface area contributed by atoms with Crippen LogP contribution < -0.4 is 14.8 Å². The summed E-state index contributed by atoms with van der Waals surface area (Å²) < 4.78 is 35.8. The Morgan fingerprint density at radius 1 is 0.917 bits per heavy atom. The molecular formula is C27H24N2O5S2. The molecular weight excluding hydrogens is 496 g/mol. The van der Waals surface area contributed by atoms with Crippen LogP contribution in [-0.2, 0) is 20.4 Å². The molecule has 0 unspecified atom stereocenters. The van der Waals surface area contributed by atoms with Crippen molar-refractivity contribution in [3.8, 4) is 22.8 Å². The van der Waals surface area contributed by atoms with Crippen LogP contribution in [0.4, 0.5) is 5.13 Å². The molecule has 1 N–H and O–H groups in total. The number of carbonyl (C=O) groups excluding carboxylic acids is 1. The van der Waals surface area contributed by atoms with Crippen molar-refractivity contribution in [1.82, 2.24) is 4.98 Å². The van der Waals surface area contributed by atoms with Gasteiger partial charge in [0, 0.05) is 17.0 Å². The summed E-state index contributed by atoms with van der Waals surface area (Å²) in [4.78, 5) is 17.0. The molecule has 0 aliphatic heterocycles. The number of rotatable bonds is 9. The molecule has 0 atom stereocenters. The number of hydrogen-bond donors (Lipinski definition) is 1. The van der Waals surface area contributed by atoms with Gasteiger partial charge in [0.05, 0.1) is 30.6 Å². The molecule has 7 nitrogen and oxygen atoms in total. The Labute approximate surface area is 214 Å². The third-order valence-electron chi connectivity index (χ3n) is 5.30. The highest BCUT2D eigenvalue weighted by Gasteiger charge is 2.15. The van der Waals surface area contributed by atoms with Gasteiger partial charge in [0.25, 0.3) is 0 Å². The number of anilines is 1. The quantitative estimate of drug-likeness (QED) is 0.295. The standard InChI is InChI=1S/C27H24N2O5S2/c1-33-22-10-3-20(4-11-22)18-36(31,32)24-14-5-19(6-15-24)7-16-26(30)29-27-28-25(17-35-27)21-8-12-23(34-2)13-9-21/h3-17H,18H2,1-2H3,(H,28,29,30)/b16-7+. The topological polar surface area (TPSA) is 94.6 Å². The van der Waals surface area contributed by atoms with Gasteiger partial charge in [-0.1, -0.05) is 24.3 Å². The van der Waals surface area contributed by atoms with Crippen LogP contribution in [0.25, 0.3) is 17.3 Å². The first-order valence-corrected chi connectivity index (χ1v) is 13.4. The average Bonchev–Trinajstić information content (AvgIpc) is 3.36. The highest BCUT2D eigenvalue weighted by molar-refractivity contribution is 7.90. The van der Waals surface area contributed by atoms with Crippen LogP contribution in [0, 0.1) is 0 Å². The van der Waals surface area contributed by atoms with Gasteiger partial charge >= 0.3 is 0 Å². The number of nitrogens with zero attached hydrogens (tertiary/aromatic N) is 1. The highest BCUT2D eigenvalue weighted by atomic mass is 32.2. The Morgan fingerprint density at radius 2 is 1.53 bits per heavy atom. The van der Waals surface area contributed by atoms with Crippen molar-refractivity contribution in [3.05, 3.63) is 95.4 Å². The van der Waals surface area contributed by atoms with Crippen LogP contribution >= 0.6 is 11.3 Å². The summed E-state index contributed by atoms with van der Waals surface area (Å²) in [6.07, 6.45) is 3.00. The number of thiazole rings is 1. The maximum Gasteiger partial charge on any atom is 0.250 e. The van der Waals surface area contributed by atoms with Crippen molar-refractivity contribution < 1.29 is 22.7 Å². The molecule has 4 rings (SSSR count). The molecule has 4 aromatic rings. The summed E-state index contributed by atoms with van der Waals surface area (Å²) >= 11 is 1.33. The molecule has 0 saturated heterocycles. The van der Waals surface area contributed by atoms with Crippen molar-refractivity contribution in [1.29, 1.82) is 0 Å². The van der Waals surface area contributed by atoms with E-state index in [4.69, 9.17) is 9.47 Å². The second-order valence-corrected chi connectivity index (χ2v) is 10.6. The normalized spacial score (nSPS) is 11.4. The van der Waals surface area contributed by atoms with Gasteiger partial charge in [-0.25, -0.2) is 13.4 Å². The van der Waals surface area contributed by atoms with Gasteiger partial charge in [0.1, 0.15) is 11.5 Å². The Hall–Kier alpha value is -3.95. The molecule has 0 aliphatic rings. The zero-order chi connectivity index (χ0) is 25.5. The van der Waals surface area contributed by atoms with Crippen LogP contribution in [0.2, 0.25) is 0 Å². The maximum atomic E-state index is 12.7. The molecule has 184 valence electrons. The second kappa shape index (κ2) is 11.2. The highest BCUT2D eigenvalue weighted by Crippen LogP contribution is 2.26. The SMILES string of the molecule is COc1ccc(CS(=O)(=O)c2ccc(/C=C/C(=O)Nc3nc(-c4ccc(OC)cc4)cs3)cc2)cc1. The summed E-state index contributed by atoms with van der Waals surface area (Å²) in [6.45, 7) is 0. The Kier molecular flexibility index (Phi) is 7.82. The zero-order valence-corrected chi connectivity index (χ0v) is 21.3. The van der Waals surface area contributed by atoms with Gasteiger partial charge < -0.3 is 9.47 Å². The second-order valence-electron chi connectivity index (χ2n) is 7.77. The minimum absolute atomic E-state index is 0.110. The van der Waals surface area contributed by atoms with E-state index in [1.54, 1.807) is 68.8 Å². The minimum Gasteiger partial charge on any atom is -0.497 e. The maximum absolute atomic E-state index is 12.7. The predicted octanol–water partition coefficient (Wildman–Crippen LogP) is 5.45. The van der Waals surface area contributed by atoms with E-state index in [1.807, 2.05) is 29.6 Å². The molecule has 9 heteroatoms. The van der Waals surface area contributed by atoms with E-state index in [9.17, 15) is 13.2 Å². The number of methoxy groups -OCH3 is 2. The Balaban J connectivity index is 1.35. The van der Waals surface area contributed by atoms with Gasteiger partial charge in [0.15, 0.2) is 15.0 Å². The first kappa shape index (κ1) is 25.2. The lowest BCUT2D eigenvalue weighted by atomic mass is 10.2. The fourth-order valence-corrected chi connectivity index (χ4v) is 5.43. The van der Waals surface area contributed by atoms with E-state index < -0.39 is 9.84 Å². The fraction of sp³-hybridized carbons (Fsp3) is 0.111. The van der Waals surface area contributed by atoms with Crippen LogP contribution in [-0.4, -0.2) is 33.5 Å². The monoisotopic (exact) mass is 520 g/mol. The van der Waals surface area contributed by atoms with E-state index in [0.29, 0.717) is 22.0 Å². The van der Waals surface area contributed by atoms with Crippen LogP contribution in [0.5, 0.6) is 11.5 Å². The fourth-order valence-electron chi connectivity index (χ4n) is 3.36. The van der Waals surface area contributed by atoms with Gasteiger partial charge in [-0.15, -0.1) is 11.3 Å². The summed E-state index contributed by atoms with van der Waals surface area (Å²) in [7, 11) is -0.334. The van der Waals surface area contributed by atoms with Crippen molar-refractivity contribution >= 4 is 38.3 Å². The first-order valence-electron chi connectivity index (χ1n) is 10.9. The number of amides is 1. The molecule has 0 aliphatic carbocycles. The lowest BCUT2D eigenvalue weighted by molar-refractivity contribution is -0.111. The van der Waals surface area contributed by atoms with Gasteiger partial charge in [-0.3, -0.25) is 10.1 Å². The van der Waals surface area contributed by atoms with Gasteiger partial charge in [-0.2, -0.15) is 0 Å². The molecule has 3 aromatic carbocycles. The molecule has 0 saturated carbocycles. The summed E-state index contributed by atoms with van der Waals surface area (Å²) in [5.74, 6) is 0.988. The van der Waals surface area contributed by atoms with Crippen LogP contribution in [0.3, 0.4) is 0 Å². The molecule has 1 aromatic heterocycles. The number of aromatic nitrogens is 1. The van der Waals surface area contributed by atoms with Gasteiger partial charge in [-0.05, 0) is 65.7 Å². The molecule has 0 spiro atoms. The van der Waals surface area contributed by atoms with Crippen molar-refractivity contribution in [2.24, 2.45) is 0 Å². The number of sulfone groups is 1. The molecule has 1 amide bonds. The summed E-state index contributed by atoms with van der Waals surface area (Å²) in [6, 6.07) is 20.8. The zero-order valence-electron chi connectivity index (χ0n) is 19.7. The number of carbonyl (C=O) groups is 1. The smallest absolute Gasteiger partial charge is 0.250 e. The Morgan fingerprint density at radius 3 is 2.14 bits per heavy atom. The minimum atomic E-state index is -3.50. The number of nitrogens with one attached hydrogen (secondary N) is 1. The predicted molar refractivity (Wildman–Crippen MR) is 142 cm³/mol. The third kappa shape index (κ3) is 6.38. The van der Waals surface area contributed by atoms with E-state index >= 15 is 0 Å². The van der Waals surface area contributed by atoms with E-state index in [1.165, 1.54) is 17.4 Å². The molecule has 0 radical (unpaired) electrons. The van der Waals surface area contributed by atoms with E-state index in [0.717, 1.165) is 17.0 Å². The van der Waals surface area contributed by atoms with E-state index in [-0.39, 0.29) is 16.6 Å². The summed E-state index contributed by atoms with van der Waals surface area (Å²) in [5.41, 5.74) is 3.05. The lowest BCUT2D eigenvalue weighted by Gasteiger charge is -2.06. The third-order valence-corrected chi connectivity index (χ3v) is 7.76.